The standard InChI is InChI=1S/C24H30N4O5S/c1-15-20(16(2)33-26-15)11-12-28(6)22-21(23(29)30)13-18(14-25-22)27-34(31,32)19-9-7-17(8-10-19)24(3,4)5/h7-10,13-14,27H,11-12H2,1-6H3,(H,29,30). The van der Waals surface area contributed by atoms with Crippen molar-refractivity contribution in [2.24, 2.45) is 0 Å². The fraction of sp³-hybridized carbons (Fsp3) is 0.375. The van der Waals surface area contributed by atoms with Crippen LogP contribution in [0.4, 0.5) is 11.5 Å². The highest BCUT2D eigenvalue weighted by molar-refractivity contribution is 7.92. The second kappa shape index (κ2) is 9.46. The van der Waals surface area contributed by atoms with Crippen molar-refractivity contribution in [3.8, 4) is 0 Å². The Labute approximate surface area is 199 Å². The highest BCUT2D eigenvalue weighted by Crippen LogP contribution is 2.26. The summed E-state index contributed by atoms with van der Waals surface area (Å²) in [5.41, 5.74) is 2.61. The van der Waals surface area contributed by atoms with Crippen LogP contribution in [-0.4, -0.2) is 43.2 Å². The van der Waals surface area contributed by atoms with E-state index in [1.807, 2.05) is 34.6 Å². The van der Waals surface area contributed by atoms with Crippen molar-refractivity contribution in [1.82, 2.24) is 10.1 Å². The van der Waals surface area contributed by atoms with Crippen molar-refractivity contribution in [2.45, 2.75) is 51.3 Å². The molecule has 9 nitrogen and oxygen atoms in total. The molecule has 0 aliphatic heterocycles. The number of benzene rings is 1. The maximum Gasteiger partial charge on any atom is 0.339 e. The number of likely N-dealkylation sites (N-methyl/N-ethyl adjacent to an activating group) is 1. The van der Waals surface area contributed by atoms with Crippen molar-refractivity contribution < 1.29 is 22.8 Å². The van der Waals surface area contributed by atoms with Gasteiger partial charge >= 0.3 is 5.97 Å². The van der Waals surface area contributed by atoms with Gasteiger partial charge in [0.1, 0.15) is 17.1 Å². The Bertz CT molecular complexity index is 1270. The highest BCUT2D eigenvalue weighted by atomic mass is 32.2. The van der Waals surface area contributed by atoms with Crippen LogP contribution in [0.1, 0.15) is 53.7 Å². The van der Waals surface area contributed by atoms with Crippen molar-refractivity contribution in [3.05, 3.63) is 64.7 Å². The second-order valence-corrected chi connectivity index (χ2v) is 10.9. The molecule has 1 aromatic carbocycles. The number of aromatic nitrogens is 2. The zero-order valence-corrected chi connectivity index (χ0v) is 21.0. The summed E-state index contributed by atoms with van der Waals surface area (Å²) < 4.78 is 33.3. The number of anilines is 2. The van der Waals surface area contributed by atoms with Gasteiger partial charge in [-0.2, -0.15) is 0 Å². The lowest BCUT2D eigenvalue weighted by Gasteiger charge is -2.21. The number of nitrogens with zero attached hydrogens (tertiary/aromatic N) is 3. The summed E-state index contributed by atoms with van der Waals surface area (Å²) in [7, 11) is -2.18. The van der Waals surface area contributed by atoms with Gasteiger partial charge in [-0.25, -0.2) is 18.2 Å². The molecular weight excluding hydrogens is 456 g/mol. The number of aromatic carboxylic acids is 1. The van der Waals surface area contributed by atoms with E-state index in [2.05, 4.69) is 14.9 Å². The van der Waals surface area contributed by atoms with E-state index in [-0.39, 0.29) is 27.4 Å². The van der Waals surface area contributed by atoms with Gasteiger partial charge in [-0.15, -0.1) is 0 Å². The Morgan fingerprint density at radius 1 is 1.18 bits per heavy atom. The molecule has 0 spiro atoms. The molecular formula is C24H30N4O5S. The summed E-state index contributed by atoms with van der Waals surface area (Å²) in [5.74, 6) is -0.253. The fourth-order valence-electron chi connectivity index (χ4n) is 3.57. The number of hydrogen-bond acceptors (Lipinski definition) is 7. The number of hydrogen-bond donors (Lipinski definition) is 2. The zero-order chi connectivity index (χ0) is 25.3. The number of rotatable bonds is 8. The number of nitrogens with one attached hydrogen (secondary N) is 1. The Kier molecular flexibility index (Phi) is 7.02. The average Bonchev–Trinajstić information content (AvgIpc) is 3.08. The van der Waals surface area contributed by atoms with Gasteiger partial charge in [0.15, 0.2) is 0 Å². The molecule has 0 fully saturated rings. The summed E-state index contributed by atoms with van der Waals surface area (Å²) in [5, 5.41) is 13.7. The minimum Gasteiger partial charge on any atom is -0.478 e. The molecule has 2 heterocycles. The first-order valence-electron chi connectivity index (χ1n) is 10.8. The summed E-state index contributed by atoms with van der Waals surface area (Å²) >= 11 is 0. The molecule has 3 rings (SSSR count). The topological polar surface area (TPSA) is 126 Å². The third-order valence-electron chi connectivity index (χ3n) is 5.62. The van der Waals surface area contributed by atoms with Crippen LogP contribution in [0.25, 0.3) is 0 Å². The van der Waals surface area contributed by atoms with Gasteiger partial charge < -0.3 is 14.5 Å². The maximum absolute atomic E-state index is 12.8. The Morgan fingerprint density at radius 3 is 2.35 bits per heavy atom. The largest absolute Gasteiger partial charge is 0.478 e. The number of carboxylic acid groups (broad SMARTS) is 1. The minimum absolute atomic E-state index is 0.0696. The van der Waals surface area contributed by atoms with Gasteiger partial charge in [-0.1, -0.05) is 38.1 Å². The van der Waals surface area contributed by atoms with Crippen molar-refractivity contribution in [3.63, 3.8) is 0 Å². The van der Waals surface area contributed by atoms with Gasteiger partial charge in [0, 0.05) is 19.2 Å². The molecule has 0 atom stereocenters. The predicted molar refractivity (Wildman–Crippen MR) is 130 cm³/mol. The van der Waals surface area contributed by atoms with E-state index in [0.29, 0.717) is 13.0 Å². The third kappa shape index (κ3) is 5.56. The van der Waals surface area contributed by atoms with Gasteiger partial charge in [0.05, 0.1) is 22.5 Å². The van der Waals surface area contributed by atoms with E-state index >= 15 is 0 Å². The van der Waals surface area contributed by atoms with Crippen LogP contribution in [0.15, 0.2) is 45.9 Å². The molecule has 3 aromatic rings. The molecule has 10 heteroatoms. The average molecular weight is 487 g/mol. The molecule has 0 aliphatic rings. The van der Waals surface area contributed by atoms with E-state index in [0.717, 1.165) is 22.6 Å². The summed E-state index contributed by atoms with van der Waals surface area (Å²) in [6, 6.07) is 7.88. The van der Waals surface area contributed by atoms with Gasteiger partial charge in [-0.3, -0.25) is 4.72 Å². The molecule has 34 heavy (non-hydrogen) atoms. The first-order chi connectivity index (χ1) is 15.8. The Hall–Kier alpha value is -3.40. The van der Waals surface area contributed by atoms with Crippen molar-refractivity contribution >= 4 is 27.5 Å². The lowest BCUT2D eigenvalue weighted by Crippen LogP contribution is -2.24. The first kappa shape index (κ1) is 25.2. The quantitative estimate of drug-likeness (QED) is 0.486. The van der Waals surface area contributed by atoms with Crippen molar-refractivity contribution in [2.75, 3.05) is 23.2 Å². The highest BCUT2D eigenvalue weighted by Gasteiger charge is 2.21. The smallest absolute Gasteiger partial charge is 0.339 e. The SMILES string of the molecule is Cc1noc(C)c1CCN(C)c1ncc(NS(=O)(=O)c2ccc(C(C)(C)C)cc2)cc1C(=O)O. The first-order valence-corrected chi connectivity index (χ1v) is 12.3. The predicted octanol–water partition coefficient (Wildman–Crippen LogP) is 4.16. The van der Waals surface area contributed by atoms with Crippen LogP contribution in [0.2, 0.25) is 0 Å². The maximum atomic E-state index is 12.8. The van der Waals surface area contributed by atoms with Gasteiger partial charge in [0.25, 0.3) is 10.0 Å². The van der Waals surface area contributed by atoms with Crippen LogP contribution in [0.5, 0.6) is 0 Å². The van der Waals surface area contributed by atoms with E-state index < -0.39 is 16.0 Å². The van der Waals surface area contributed by atoms with E-state index in [9.17, 15) is 18.3 Å². The zero-order valence-electron chi connectivity index (χ0n) is 20.2. The number of carbonyl (C=O) groups is 1. The minimum atomic E-state index is -3.91. The van der Waals surface area contributed by atoms with Crippen LogP contribution in [0.3, 0.4) is 0 Å². The number of carboxylic acids is 1. The van der Waals surface area contributed by atoms with Gasteiger partial charge in [-0.05, 0) is 49.4 Å². The van der Waals surface area contributed by atoms with Crippen molar-refractivity contribution in [1.29, 1.82) is 0 Å². The number of pyridine rings is 1. The molecule has 0 amide bonds. The van der Waals surface area contributed by atoms with Crippen LogP contribution < -0.4 is 9.62 Å². The Balaban J connectivity index is 1.81. The molecule has 0 radical (unpaired) electrons. The lowest BCUT2D eigenvalue weighted by atomic mass is 9.87. The summed E-state index contributed by atoms with van der Waals surface area (Å²) in [6.45, 7) is 10.3. The molecule has 0 saturated heterocycles. The summed E-state index contributed by atoms with van der Waals surface area (Å²) in [4.78, 5) is 18.0. The molecule has 0 saturated carbocycles. The molecule has 182 valence electrons. The lowest BCUT2D eigenvalue weighted by molar-refractivity contribution is 0.0697. The Morgan fingerprint density at radius 2 is 1.82 bits per heavy atom. The number of sulfonamides is 1. The molecule has 0 unspecified atom stereocenters. The molecule has 0 bridgehead atoms. The summed E-state index contributed by atoms with van der Waals surface area (Å²) in [6.07, 6.45) is 1.91. The molecule has 2 N–H and O–H groups in total. The normalized spacial score (nSPS) is 11.9. The van der Waals surface area contributed by atoms with E-state index in [4.69, 9.17) is 4.52 Å². The molecule has 0 aliphatic carbocycles. The third-order valence-corrected chi connectivity index (χ3v) is 7.02. The van der Waals surface area contributed by atoms with E-state index in [1.54, 1.807) is 24.1 Å². The molecule has 2 aromatic heterocycles. The monoisotopic (exact) mass is 486 g/mol. The van der Waals surface area contributed by atoms with Crippen LogP contribution in [0, 0.1) is 13.8 Å². The second-order valence-electron chi connectivity index (χ2n) is 9.25. The van der Waals surface area contributed by atoms with Crippen LogP contribution >= 0.6 is 0 Å². The van der Waals surface area contributed by atoms with Crippen LogP contribution in [-0.2, 0) is 21.9 Å². The number of aryl methyl sites for hydroxylation is 2. The van der Waals surface area contributed by atoms with E-state index in [1.165, 1.54) is 24.4 Å². The fourth-order valence-corrected chi connectivity index (χ4v) is 4.60. The van der Waals surface area contributed by atoms with Gasteiger partial charge in [0.2, 0.25) is 0 Å².